The minimum atomic E-state index is -4.46. The van der Waals surface area contributed by atoms with Gasteiger partial charge >= 0.3 is 5.51 Å². The summed E-state index contributed by atoms with van der Waals surface area (Å²) in [4.78, 5) is 6.18. The summed E-state index contributed by atoms with van der Waals surface area (Å²) in [7, 11) is 0. The fourth-order valence-corrected chi connectivity index (χ4v) is 0.977. The molecule has 0 unspecified atom stereocenters. The molecule has 1 aromatic heterocycles. The first-order valence-electron chi connectivity index (χ1n) is 2.71. The fraction of sp³-hybridized carbons (Fsp3) is 0.200. The predicted octanol–water partition coefficient (Wildman–Crippen LogP) is 2.23. The third-order valence-electron chi connectivity index (χ3n) is 0.803. The largest absolute Gasteiger partial charge is 0.447 e. The van der Waals surface area contributed by atoms with Crippen LogP contribution in [-0.4, -0.2) is 15.5 Å². The van der Waals surface area contributed by atoms with E-state index in [1.165, 1.54) is 0 Å². The Bertz CT molecular complexity index is 274. The predicted molar refractivity (Wildman–Crippen MR) is 33.9 cm³/mol. The van der Waals surface area contributed by atoms with Gasteiger partial charge in [-0.2, -0.15) is 17.6 Å². The van der Waals surface area contributed by atoms with E-state index >= 15 is 0 Å². The van der Waals surface area contributed by atoms with E-state index in [4.69, 9.17) is 0 Å². The Hall–Kier alpha value is -0.850. The van der Waals surface area contributed by atoms with Gasteiger partial charge in [0.25, 0.3) is 0 Å². The number of nitrogens with zero attached hydrogens (tertiary/aromatic N) is 2. The van der Waals surface area contributed by atoms with E-state index in [2.05, 4.69) is 9.97 Å². The summed E-state index contributed by atoms with van der Waals surface area (Å²) in [5.41, 5.74) is -4.46. The van der Waals surface area contributed by atoms with Gasteiger partial charge in [0.2, 0.25) is 5.95 Å². The molecule has 0 aromatic carbocycles. The molecule has 1 aromatic rings. The maximum atomic E-state index is 12.2. The Labute approximate surface area is 69.0 Å². The molecule has 0 aliphatic rings. The van der Waals surface area contributed by atoms with E-state index in [-0.39, 0.29) is 0 Å². The Morgan fingerprint density at radius 3 is 2.42 bits per heavy atom. The van der Waals surface area contributed by atoms with Crippen LogP contribution in [0.3, 0.4) is 0 Å². The molecule has 0 aliphatic heterocycles. The van der Waals surface area contributed by atoms with Crippen molar-refractivity contribution in [1.29, 1.82) is 0 Å². The maximum absolute atomic E-state index is 12.2. The number of alkyl halides is 3. The van der Waals surface area contributed by atoms with Gasteiger partial charge < -0.3 is 0 Å². The van der Waals surface area contributed by atoms with E-state index < -0.39 is 28.2 Å². The van der Waals surface area contributed by atoms with Gasteiger partial charge in [0, 0.05) is 11.8 Å². The van der Waals surface area contributed by atoms with Crippen LogP contribution in [0.1, 0.15) is 0 Å². The molecule has 0 N–H and O–H groups in total. The smallest absolute Gasteiger partial charge is 0.257 e. The van der Waals surface area contributed by atoms with Crippen molar-refractivity contribution >= 4 is 11.8 Å². The Balaban J connectivity index is 2.77. The molecule has 7 heteroatoms. The Morgan fingerprint density at radius 1 is 1.25 bits per heavy atom. The third kappa shape index (κ3) is 3.04. The molecular weight excluding hydrogens is 196 g/mol. The second kappa shape index (κ2) is 3.26. The zero-order valence-corrected chi connectivity index (χ0v) is 6.29. The van der Waals surface area contributed by atoms with E-state index in [9.17, 15) is 17.6 Å². The van der Waals surface area contributed by atoms with Crippen molar-refractivity contribution in [2.45, 2.75) is 10.5 Å². The lowest BCUT2D eigenvalue weighted by Crippen LogP contribution is -2.01. The monoisotopic (exact) mass is 198 g/mol. The van der Waals surface area contributed by atoms with Gasteiger partial charge in [-0.1, -0.05) is 0 Å². The normalized spacial score (nSPS) is 11.7. The van der Waals surface area contributed by atoms with E-state index in [0.717, 1.165) is 12.4 Å². The molecule has 0 spiro atoms. The van der Waals surface area contributed by atoms with Crippen molar-refractivity contribution in [1.82, 2.24) is 9.97 Å². The van der Waals surface area contributed by atoms with Crippen LogP contribution in [0.15, 0.2) is 17.4 Å². The van der Waals surface area contributed by atoms with Crippen LogP contribution in [0.2, 0.25) is 0 Å². The highest BCUT2D eigenvalue weighted by Crippen LogP contribution is 2.35. The molecule has 1 rings (SSSR count). The molecule has 0 amide bonds. The maximum Gasteiger partial charge on any atom is 0.447 e. The summed E-state index contributed by atoms with van der Waals surface area (Å²) in [6.45, 7) is 0. The Morgan fingerprint density at radius 2 is 1.92 bits per heavy atom. The van der Waals surface area contributed by atoms with Gasteiger partial charge in [0.1, 0.15) is 5.03 Å². The van der Waals surface area contributed by atoms with E-state index in [0.29, 0.717) is 0 Å². The summed E-state index contributed by atoms with van der Waals surface area (Å²) < 4.78 is 47.1. The lowest BCUT2D eigenvalue weighted by Gasteiger charge is -2.02. The van der Waals surface area contributed by atoms with Crippen LogP contribution in [0, 0.1) is 5.95 Å². The minimum Gasteiger partial charge on any atom is -0.257 e. The van der Waals surface area contributed by atoms with E-state index in [1.54, 1.807) is 0 Å². The van der Waals surface area contributed by atoms with Crippen molar-refractivity contribution in [3.63, 3.8) is 0 Å². The first-order valence-corrected chi connectivity index (χ1v) is 3.52. The highest BCUT2D eigenvalue weighted by atomic mass is 32.2. The molecule has 0 radical (unpaired) electrons. The van der Waals surface area contributed by atoms with Gasteiger partial charge in [-0.15, -0.1) is 0 Å². The van der Waals surface area contributed by atoms with Gasteiger partial charge in [0.05, 0.1) is 12.4 Å². The first kappa shape index (κ1) is 9.24. The van der Waals surface area contributed by atoms with E-state index in [1.807, 2.05) is 0 Å². The third-order valence-corrected chi connectivity index (χ3v) is 1.44. The standard InChI is InChI=1S/C5H2F4N2S/c6-3-1-10-2-4(11-3)12-5(7,8)9/h1-2H. The molecular formula is C5H2F4N2S. The molecule has 12 heavy (non-hydrogen) atoms. The zero-order valence-electron chi connectivity index (χ0n) is 5.47. The highest BCUT2D eigenvalue weighted by Gasteiger charge is 2.30. The molecule has 1 heterocycles. The number of thioether (sulfide) groups is 1. The first-order chi connectivity index (χ1) is 5.47. The lowest BCUT2D eigenvalue weighted by molar-refractivity contribution is -0.0329. The molecule has 2 nitrogen and oxygen atoms in total. The summed E-state index contributed by atoms with van der Waals surface area (Å²) in [6.07, 6.45) is 1.58. The average Bonchev–Trinajstić information content (AvgIpc) is 1.82. The molecule has 0 atom stereocenters. The summed E-state index contributed by atoms with van der Waals surface area (Å²) in [6, 6.07) is 0. The van der Waals surface area contributed by atoms with Crippen molar-refractivity contribution in [2.24, 2.45) is 0 Å². The van der Waals surface area contributed by atoms with Crippen molar-refractivity contribution in [2.75, 3.05) is 0 Å². The average molecular weight is 198 g/mol. The molecule has 66 valence electrons. The van der Waals surface area contributed by atoms with Gasteiger partial charge in [0.15, 0.2) is 0 Å². The molecule has 0 aliphatic carbocycles. The van der Waals surface area contributed by atoms with Crippen molar-refractivity contribution in [3.8, 4) is 0 Å². The number of rotatable bonds is 1. The number of halogens is 4. The molecule has 0 bridgehead atoms. The van der Waals surface area contributed by atoms with Crippen molar-refractivity contribution < 1.29 is 17.6 Å². The lowest BCUT2D eigenvalue weighted by atomic mass is 10.7. The summed E-state index contributed by atoms with van der Waals surface area (Å²) >= 11 is -0.499. The minimum absolute atomic E-state index is 0.498. The van der Waals surface area contributed by atoms with Crippen LogP contribution in [-0.2, 0) is 0 Å². The van der Waals surface area contributed by atoms with Gasteiger partial charge in [-0.3, -0.25) is 4.98 Å². The van der Waals surface area contributed by atoms with Crippen molar-refractivity contribution in [3.05, 3.63) is 18.3 Å². The molecule has 0 fully saturated rings. The summed E-state index contributed by atoms with van der Waals surface area (Å²) in [5, 5.41) is -0.498. The van der Waals surface area contributed by atoms with Crippen LogP contribution >= 0.6 is 11.8 Å². The van der Waals surface area contributed by atoms with Crippen LogP contribution in [0.4, 0.5) is 17.6 Å². The molecule has 0 saturated heterocycles. The highest BCUT2D eigenvalue weighted by molar-refractivity contribution is 8.00. The fourth-order valence-electron chi connectivity index (χ4n) is 0.493. The van der Waals surface area contributed by atoms with Crippen LogP contribution < -0.4 is 0 Å². The SMILES string of the molecule is Fc1cncc(SC(F)(F)F)n1. The second-order valence-electron chi connectivity index (χ2n) is 1.73. The molecule has 0 saturated carbocycles. The van der Waals surface area contributed by atoms with Gasteiger partial charge in [-0.25, -0.2) is 4.98 Å². The number of aromatic nitrogens is 2. The number of hydrogen-bond donors (Lipinski definition) is 0. The number of hydrogen-bond acceptors (Lipinski definition) is 3. The van der Waals surface area contributed by atoms with Crippen LogP contribution in [0.25, 0.3) is 0 Å². The zero-order chi connectivity index (χ0) is 9.19. The quantitative estimate of drug-likeness (QED) is 0.511. The van der Waals surface area contributed by atoms with Gasteiger partial charge in [-0.05, 0) is 0 Å². The summed E-state index contributed by atoms with van der Waals surface area (Å²) in [5.74, 6) is -1.02. The topological polar surface area (TPSA) is 25.8 Å². The van der Waals surface area contributed by atoms with Crippen LogP contribution in [0.5, 0.6) is 0 Å². The Kier molecular flexibility index (Phi) is 2.51. The second-order valence-corrected chi connectivity index (χ2v) is 2.81.